The second kappa shape index (κ2) is 18.4. The van der Waals surface area contributed by atoms with Gasteiger partial charge in [0.05, 0.1) is 13.2 Å². The Balaban J connectivity index is 0. The molecule has 0 aromatic carbocycles. The van der Waals surface area contributed by atoms with Crippen molar-refractivity contribution in [2.24, 2.45) is 10.8 Å². The van der Waals surface area contributed by atoms with Crippen LogP contribution in [0.25, 0.3) is 0 Å². The van der Waals surface area contributed by atoms with Gasteiger partial charge in [0.15, 0.2) is 5.79 Å². The van der Waals surface area contributed by atoms with Gasteiger partial charge in [-0.15, -0.1) is 0 Å². The van der Waals surface area contributed by atoms with Gasteiger partial charge in [-0.05, 0) is 44.1 Å². The van der Waals surface area contributed by atoms with Crippen LogP contribution < -0.4 is 10.6 Å². The fourth-order valence-electron chi connectivity index (χ4n) is 4.78. The van der Waals surface area contributed by atoms with Crippen molar-refractivity contribution in [2.45, 2.75) is 119 Å². The van der Waals surface area contributed by atoms with Gasteiger partial charge >= 0.3 is 0 Å². The van der Waals surface area contributed by atoms with Crippen molar-refractivity contribution in [3.8, 4) is 0 Å². The molecule has 0 saturated heterocycles. The van der Waals surface area contributed by atoms with Crippen LogP contribution in [0.1, 0.15) is 114 Å². The van der Waals surface area contributed by atoms with E-state index >= 15 is 0 Å². The average molecular weight is 473 g/mol. The molecule has 1 aliphatic rings. The molecule has 0 atom stereocenters. The Kier molecular flexibility index (Phi) is 19.0. The first-order valence-electron chi connectivity index (χ1n) is 13.2. The van der Waals surface area contributed by atoms with E-state index in [-0.39, 0.29) is 22.5 Å². The fraction of sp³-hybridized carbons (Fsp3) is 0.926. The summed E-state index contributed by atoms with van der Waals surface area (Å²) in [6.45, 7) is 20.4. The van der Waals surface area contributed by atoms with Crippen molar-refractivity contribution in [1.29, 1.82) is 0 Å². The van der Waals surface area contributed by atoms with E-state index in [1.807, 2.05) is 34.7 Å². The molecule has 0 heterocycles. The summed E-state index contributed by atoms with van der Waals surface area (Å²) in [6.07, 6.45) is 7.12. The Morgan fingerprint density at radius 3 is 1.79 bits per heavy atom. The molecule has 2 N–H and O–H groups in total. The van der Waals surface area contributed by atoms with Crippen molar-refractivity contribution in [3.05, 3.63) is 0 Å². The zero-order chi connectivity index (χ0) is 26.0. The van der Waals surface area contributed by atoms with Crippen LogP contribution in [-0.2, 0) is 19.1 Å². The molecule has 198 valence electrons. The third-order valence-electron chi connectivity index (χ3n) is 5.45. The zero-order valence-corrected chi connectivity index (χ0v) is 23.6. The molecule has 0 unspecified atom stereocenters. The van der Waals surface area contributed by atoms with Crippen LogP contribution in [0.2, 0.25) is 0 Å². The molecule has 0 spiro atoms. The lowest BCUT2D eigenvalue weighted by molar-refractivity contribution is -0.250. The van der Waals surface area contributed by atoms with Crippen LogP contribution in [0.4, 0.5) is 0 Å². The number of nitrogens with one attached hydrogen (secondary N) is 2. The molecule has 33 heavy (non-hydrogen) atoms. The molecule has 1 fully saturated rings. The number of hydrogen-bond donors (Lipinski definition) is 2. The van der Waals surface area contributed by atoms with E-state index in [4.69, 9.17) is 9.47 Å². The number of ketones is 1. The van der Waals surface area contributed by atoms with Crippen LogP contribution in [0, 0.1) is 10.8 Å². The number of likely N-dealkylation sites (N-methyl/N-ethyl adjacent to an activating group) is 1. The quantitative estimate of drug-likeness (QED) is 0.244. The lowest BCUT2D eigenvalue weighted by atomic mass is 9.71. The van der Waals surface area contributed by atoms with Gasteiger partial charge in [-0.1, -0.05) is 61.8 Å². The van der Waals surface area contributed by atoms with Gasteiger partial charge in [-0.2, -0.15) is 0 Å². The third kappa shape index (κ3) is 17.2. The van der Waals surface area contributed by atoms with Crippen LogP contribution in [0.5, 0.6) is 0 Å². The zero-order valence-electron chi connectivity index (χ0n) is 23.6. The van der Waals surface area contributed by atoms with Crippen LogP contribution in [0.15, 0.2) is 0 Å². The molecule has 0 bridgehead atoms. The fourth-order valence-corrected chi connectivity index (χ4v) is 4.78. The Labute approximate surface area is 205 Å². The van der Waals surface area contributed by atoms with E-state index in [0.29, 0.717) is 32.6 Å². The van der Waals surface area contributed by atoms with Crippen LogP contribution >= 0.6 is 0 Å². The molecular weight excluding hydrogens is 416 g/mol. The predicted octanol–water partition coefficient (Wildman–Crippen LogP) is 5.88. The van der Waals surface area contributed by atoms with E-state index < -0.39 is 5.79 Å². The van der Waals surface area contributed by atoms with E-state index in [9.17, 15) is 9.59 Å². The maximum Gasteiger partial charge on any atom is 0.220 e. The highest BCUT2D eigenvalue weighted by Gasteiger charge is 2.34. The lowest BCUT2D eigenvalue weighted by Gasteiger charge is -2.37. The van der Waals surface area contributed by atoms with Gasteiger partial charge < -0.3 is 24.9 Å². The normalized spacial score (nSPS) is 15.5. The predicted molar refractivity (Wildman–Crippen MR) is 139 cm³/mol. The highest BCUT2D eigenvalue weighted by molar-refractivity contribution is 5.77. The maximum absolute atomic E-state index is 12.4. The van der Waals surface area contributed by atoms with Crippen LogP contribution in [0.3, 0.4) is 0 Å². The van der Waals surface area contributed by atoms with Crippen molar-refractivity contribution < 1.29 is 19.1 Å². The number of carbonyl (C=O) groups excluding carboxylic acids is 2. The van der Waals surface area contributed by atoms with Crippen molar-refractivity contribution >= 4 is 11.7 Å². The topological polar surface area (TPSA) is 76.7 Å². The molecule has 1 aliphatic carbocycles. The monoisotopic (exact) mass is 472 g/mol. The SMILES string of the molecule is CC.CC.CNCCOC1(OCCNC(=O)CC(C)(C)CC(C)(C)CC(C)=O)CCCCC1. The molecule has 1 rings (SSSR count). The standard InChI is InChI=1S/C23H44N2O4.2C2H6/c1-19(26)16-21(2,3)18-22(4,5)17-20(27)25-13-15-29-23(28-14-12-24-6)10-8-7-9-11-23;2*1-2/h24H,7-18H2,1-6H3,(H,25,27);2*1-2H3. The largest absolute Gasteiger partial charge is 0.354 e. The number of hydrogen-bond acceptors (Lipinski definition) is 5. The van der Waals surface area contributed by atoms with Crippen molar-refractivity contribution in [1.82, 2.24) is 10.6 Å². The van der Waals surface area contributed by atoms with E-state index in [2.05, 4.69) is 38.3 Å². The summed E-state index contributed by atoms with van der Waals surface area (Å²) >= 11 is 0. The van der Waals surface area contributed by atoms with E-state index in [1.165, 1.54) is 6.42 Å². The minimum atomic E-state index is -0.490. The number of amides is 1. The summed E-state index contributed by atoms with van der Waals surface area (Å²) in [5.74, 6) is -0.262. The number of Topliss-reactive ketones (excluding diaryl/α,β-unsaturated/α-hetero) is 1. The first-order valence-corrected chi connectivity index (χ1v) is 13.2. The van der Waals surface area contributed by atoms with Crippen molar-refractivity contribution in [2.75, 3.05) is 33.4 Å². The number of carbonyl (C=O) groups is 2. The Morgan fingerprint density at radius 2 is 1.30 bits per heavy atom. The Hall–Kier alpha value is -0.980. The molecule has 0 radical (unpaired) electrons. The molecule has 1 saturated carbocycles. The molecule has 0 aromatic heterocycles. The average Bonchev–Trinajstić information content (AvgIpc) is 2.73. The summed E-state index contributed by atoms with van der Waals surface area (Å²) in [4.78, 5) is 23.9. The Bertz CT molecular complexity index is 512. The van der Waals surface area contributed by atoms with E-state index in [0.717, 1.165) is 38.6 Å². The highest BCUT2D eigenvalue weighted by Crippen LogP contribution is 2.38. The summed E-state index contributed by atoms with van der Waals surface area (Å²) < 4.78 is 12.2. The third-order valence-corrected chi connectivity index (χ3v) is 5.45. The summed E-state index contributed by atoms with van der Waals surface area (Å²) in [5, 5.41) is 6.09. The second-order valence-corrected chi connectivity index (χ2v) is 10.2. The Morgan fingerprint density at radius 1 is 0.818 bits per heavy atom. The molecule has 0 aromatic rings. The lowest BCUT2D eigenvalue weighted by Crippen LogP contribution is -2.42. The van der Waals surface area contributed by atoms with Gasteiger partial charge in [0.25, 0.3) is 0 Å². The van der Waals surface area contributed by atoms with Gasteiger partial charge in [0, 0.05) is 38.8 Å². The summed E-state index contributed by atoms with van der Waals surface area (Å²) in [5.41, 5.74) is -0.262. The molecule has 6 heteroatoms. The molecule has 1 amide bonds. The number of ether oxygens (including phenoxy) is 2. The minimum absolute atomic E-state index is 0.0334. The van der Waals surface area contributed by atoms with E-state index in [1.54, 1.807) is 6.92 Å². The smallest absolute Gasteiger partial charge is 0.220 e. The summed E-state index contributed by atoms with van der Waals surface area (Å²) in [6, 6.07) is 0. The highest BCUT2D eigenvalue weighted by atomic mass is 16.7. The first kappa shape index (κ1) is 34.2. The minimum Gasteiger partial charge on any atom is -0.354 e. The first-order chi connectivity index (χ1) is 15.5. The van der Waals surface area contributed by atoms with Gasteiger partial charge in [-0.25, -0.2) is 0 Å². The molecular formula is C27H56N2O4. The maximum atomic E-state index is 12.4. The van der Waals surface area contributed by atoms with Crippen molar-refractivity contribution in [3.63, 3.8) is 0 Å². The second-order valence-electron chi connectivity index (χ2n) is 10.2. The summed E-state index contributed by atoms with van der Waals surface area (Å²) in [7, 11) is 1.91. The van der Waals surface area contributed by atoms with Crippen LogP contribution in [-0.4, -0.2) is 50.8 Å². The number of rotatable bonds is 14. The molecule has 0 aliphatic heterocycles. The van der Waals surface area contributed by atoms with Gasteiger partial charge in [0.2, 0.25) is 5.91 Å². The van der Waals surface area contributed by atoms with Gasteiger partial charge in [-0.3, -0.25) is 4.79 Å². The molecule has 6 nitrogen and oxygen atoms in total. The van der Waals surface area contributed by atoms with Gasteiger partial charge in [0.1, 0.15) is 5.78 Å².